The van der Waals surface area contributed by atoms with E-state index in [-0.39, 0.29) is 23.6 Å². The molecule has 0 spiro atoms. The van der Waals surface area contributed by atoms with Crippen molar-refractivity contribution in [1.82, 2.24) is 9.88 Å². The molecule has 0 unspecified atom stereocenters. The van der Waals surface area contributed by atoms with E-state index in [1.807, 2.05) is 6.07 Å². The molecular formula is C21H19FN2O3. The van der Waals surface area contributed by atoms with Crippen LogP contribution in [-0.4, -0.2) is 40.1 Å². The molecule has 5 nitrogen and oxygen atoms in total. The van der Waals surface area contributed by atoms with Gasteiger partial charge in [0.1, 0.15) is 34.6 Å². The van der Waals surface area contributed by atoms with Gasteiger partial charge in [0.15, 0.2) is 0 Å². The van der Waals surface area contributed by atoms with Crippen LogP contribution in [0.15, 0.2) is 54.6 Å². The average Bonchev–Trinajstić information content (AvgIpc) is 2.70. The number of halogens is 1. The van der Waals surface area contributed by atoms with E-state index in [0.717, 1.165) is 5.39 Å². The first-order valence-electron chi connectivity index (χ1n) is 8.90. The van der Waals surface area contributed by atoms with Gasteiger partial charge in [0.05, 0.1) is 0 Å². The van der Waals surface area contributed by atoms with Crippen molar-refractivity contribution < 1.29 is 19.0 Å². The molecule has 1 aliphatic rings. The van der Waals surface area contributed by atoms with Gasteiger partial charge in [0, 0.05) is 31.3 Å². The zero-order valence-electron chi connectivity index (χ0n) is 14.6. The molecule has 2 heterocycles. The van der Waals surface area contributed by atoms with Gasteiger partial charge in [-0.2, -0.15) is 0 Å². The monoisotopic (exact) mass is 366 g/mol. The Bertz CT molecular complexity index is 967. The van der Waals surface area contributed by atoms with Crippen LogP contribution in [0.3, 0.4) is 0 Å². The van der Waals surface area contributed by atoms with Gasteiger partial charge in [0.25, 0.3) is 5.91 Å². The van der Waals surface area contributed by atoms with E-state index in [2.05, 4.69) is 4.98 Å². The van der Waals surface area contributed by atoms with Gasteiger partial charge < -0.3 is 14.7 Å². The van der Waals surface area contributed by atoms with Crippen LogP contribution in [0.25, 0.3) is 10.9 Å². The van der Waals surface area contributed by atoms with Crippen molar-refractivity contribution in [3.8, 4) is 11.5 Å². The number of hydrogen-bond donors (Lipinski definition) is 1. The van der Waals surface area contributed by atoms with Crippen molar-refractivity contribution in [1.29, 1.82) is 0 Å². The van der Waals surface area contributed by atoms with Gasteiger partial charge >= 0.3 is 0 Å². The van der Waals surface area contributed by atoms with Gasteiger partial charge in [-0.15, -0.1) is 0 Å². The molecule has 1 fully saturated rings. The minimum Gasteiger partial charge on any atom is -0.506 e. The summed E-state index contributed by atoms with van der Waals surface area (Å²) in [5.74, 6) is 0.249. The second kappa shape index (κ2) is 7.23. The van der Waals surface area contributed by atoms with Crippen LogP contribution in [0.4, 0.5) is 4.39 Å². The number of nitrogens with zero attached hydrogens (tertiary/aromatic N) is 2. The number of amides is 1. The van der Waals surface area contributed by atoms with E-state index in [0.29, 0.717) is 42.9 Å². The Kier molecular flexibility index (Phi) is 4.62. The van der Waals surface area contributed by atoms with E-state index < -0.39 is 0 Å². The Morgan fingerprint density at radius 3 is 2.56 bits per heavy atom. The molecular weight excluding hydrogens is 347 g/mol. The van der Waals surface area contributed by atoms with Crippen molar-refractivity contribution in [2.45, 2.75) is 18.9 Å². The fraction of sp³-hybridized carbons (Fsp3) is 0.238. The summed E-state index contributed by atoms with van der Waals surface area (Å²) in [6.07, 6.45) is 1.39. The molecule has 0 saturated carbocycles. The highest BCUT2D eigenvalue weighted by molar-refractivity contribution is 5.96. The van der Waals surface area contributed by atoms with Crippen molar-refractivity contribution in [3.05, 3.63) is 66.1 Å². The number of likely N-dealkylation sites (tertiary alicyclic amines) is 1. The summed E-state index contributed by atoms with van der Waals surface area (Å²) in [6, 6.07) is 14.6. The van der Waals surface area contributed by atoms with E-state index in [4.69, 9.17) is 4.74 Å². The molecule has 2 aromatic carbocycles. The highest BCUT2D eigenvalue weighted by Crippen LogP contribution is 2.24. The molecule has 0 atom stereocenters. The number of carbonyl (C=O) groups is 1. The number of pyridine rings is 1. The Morgan fingerprint density at radius 1 is 1.07 bits per heavy atom. The second-order valence-corrected chi connectivity index (χ2v) is 6.61. The topological polar surface area (TPSA) is 62.7 Å². The lowest BCUT2D eigenvalue weighted by atomic mass is 10.1. The maximum Gasteiger partial charge on any atom is 0.272 e. The lowest BCUT2D eigenvalue weighted by Crippen LogP contribution is -2.42. The number of piperidine rings is 1. The number of aromatic hydroxyl groups is 1. The zero-order valence-corrected chi connectivity index (χ0v) is 14.6. The Balaban J connectivity index is 1.41. The van der Waals surface area contributed by atoms with Gasteiger partial charge in [-0.05, 0) is 36.4 Å². The van der Waals surface area contributed by atoms with E-state index >= 15 is 0 Å². The summed E-state index contributed by atoms with van der Waals surface area (Å²) < 4.78 is 18.8. The van der Waals surface area contributed by atoms with Crippen LogP contribution in [0.2, 0.25) is 0 Å². The predicted molar refractivity (Wildman–Crippen MR) is 99.4 cm³/mol. The van der Waals surface area contributed by atoms with Crippen LogP contribution in [-0.2, 0) is 0 Å². The molecule has 27 heavy (non-hydrogen) atoms. The third kappa shape index (κ3) is 3.69. The third-order valence-corrected chi connectivity index (χ3v) is 4.76. The number of fused-ring (bicyclic) bond motifs is 1. The summed E-state index contributed by atoms with van der Waals surface area (Å²) >= 11 is 0. The van der Waals surface area contributed by atoms with Crippen molar-refractivity contribution in [2.75, 3.05) is 13.1 Å². The molecule has 0 bridgehead atoms. The predicted octanol–water partition coefficient (Wildman–Crippen LogP) is 3.76. The first kappa shape index (κ1) is 17.3. The normalized spacial score (nSPS) is 15.1. The molecule has 6 heteroatoms. The second-order valence-electron chi connectivity index (χ2n) is 6.61. The number of ether oxygens (including phenoxy) is 1. The highest BCUT2D eigenvalue weighted by atomic mass is 19.1. The maximum atomic E-state index is 13.0. The first-order chi connectivity index (χ1) is 13.1. The van der Waals surface area contributed by atoms with Gasteiger partial charge in [-0.1, -0.05) is 18.2 Å². The molecule has 1 saturated heterocycles. The lowest BCUT2D eigenvalue weighted by Gasteiger charge is -2.32. The highest BCUT2D eigenvalue weighted by Gasteiger charge is 2.25. The van der Waals surface area contributed by atoms with Crippen LogP contribution < -0.4 is 4.74 Å². The average molecular weight is 366 g/mol. The molecule has 0 radical (unpaired) electrons. The molecule has 3 aromatic rings. The third-order valence-electron chi connectivity index (χ3n) is 4.76. The van der Waals surface area contributed by atoms with Crippen LogP contribution >= 0.6 is 0 Å². The number of phenolic OH excluding ortho intramolecular Hbond substituents is 1. The first-order valence-corrected chi connectivity index (χ1v) is 8.90. The smallest absolute Gasteiger partial charge is 0.272 e. The van der Waals surface area contributed by atoms with Crippen LogP contribution in [0.1, 0.15) is 23.3 Å². The number of hydrogen-bond acceptors (Lipinski definition) is 4. The molecule has 1 aliphatic heterocycles. The summed E-state index contributed by atoms with van der Waals surface area (Å²) in [5, 5.41) is 10.7. The number of rotatable bonds is 3. The molecule has 4 rings (SSSR count). The number of benzene rings is 2. The summed E-state index contributed by atoms with van der Waals surface area (Å²) in [5.41, 5.74) is 0.750. The minimum atomic E-state index is -0.295. The number of aromatic nitrogens is 1. The van der Waals surface area contributed by atoms with Gasteiger partial charge in [-0.3, -0.25) is 4.79 Å². The van der Waals surface area contributed by atoms with Crippen molar-refractivity contribution in [3.63, 3.8) is 0 Å². The molecule has 138 valence electrons. The van der Waals surface area contributed by atoms with Gasteiger partial charge in [0.2, 0.25) is 0 Å². The summed E-state index contributed by atoms with van der Waals surface area (Å²) in [7, 11) is 0. The fourth-order valence-electron chi connectivity index (χ4n) is 3.29. The minimum absolute atomic E-state index is 0.00637. The molecule has 0 aliphatic carbocycles. The number of phenols is 1. The Hall–Kier alpha value is -3.15. The Labute approximate surface area is 156 Å². The van der Waals surface area contributed by atoms with Crippen molar-refractivity contribution in [2.24, 2.45) is 0 Å². The summed E-state index contributed by atoms with van der Waals surface area (Å²) in [6.45, 7) is 1.12. The molecule has 1 aromatic heterocycles. The van der Waals surface area contributed by atoms with E-state index in [1.54, 1.807) is 41.3 Å². The maximum absolute atomic E-state index is 13.0. The zero-order chi connectivity index (χ0) is 18.8. The number of para-hydroxylation sites is 1. The molecule has 1 N–H and O–H groups in total. The standard InChI is InChI=1S/C21H19FN2O3/c22-15-5-7-16(8-6-15)27-17-10-12-24(13-11-17)21(26)18-9-4-14-2-1-3-19(25)20(14)23-18/h1-9,17,25H,10-13H2. The summed E-state index contributed by atoms with van der Waals surface area (Å²) in [4.78, 5) is 18.8. The number of carbonyl (C=O) groups excluding carboxylic acids is 1. The van der Waals surface area contributed by atoms with E-state index in [1.165, 1.54) is 12.1 Å². The van der Waals surface area contributed by atoms with Crippen molar-refractivity contribution >= 4 is 16.8 Å². The largest absolute Gasteiger partial charge is 0.506 e. The Morgan fingerprint density at radius 2 is 1.81 bits per heavy atom. The van der Waals surface area contributed by atoms with Gasteiger partial charge in [-0.25, -0.2) is 9.37 Å². The lowest BCUT2D eigenvalue weighted by molar-refractivity contribution is 0.0590. The SMILES string of the molecule is O=C(c1ccc2cccc(O)c2n1)N1CCC(Oc2ccc(F)cc2)CC1. The van der Waals surface area contributed by atoms with E-state index in [9.17, 15) is 14.3 Å². The van der Waals surface area contributed by atoms with Crippen LogP contribution in [0, 0.1) is 5.82 Å². The fourth-order valence-corrected chi connectivity index (χ4v) is 3.29. The quantitative estimate of drug-likeness (QED) is 0.767. The molecule has 1 amide bonds. The van der Waals surface area contributed by atoms with Crippen LogP contribution in [0.5, 0.6) is 11.5 Å².